The average molecular weight is 701 g/mol. The lowest BCUT2D eigenvalue weighted by Crippen LogP contribution is -2.54. The normalized spacial score (nSPS) is 12.1. The van der Waals surface area contributed by atoms with E-state index in [1.54, 1.807) is 55.5 Å². The predicted octanol–water partition coefficient (Wildman–Crippen LogP) is 7.62. The van der Waals surface area contributed by atoms with Crippen molar-refractivity contribution < 1.29 is 18.0 Å². The summed E-state index contributed by atoms with van der Waals surface area (Å²) in [6.45, 7) is 6.52. The van der Waals surface area contributed by atoms with Gasteiger partial charge in [0.15, 0.2) is 0 Å². The highest BCUT2D eigenvalue weighted by molar-refractivity contribution is 7.92. The second kappa shape index (κ2) is 15.4. The van der Waals surface area contributed by atoms with Crippen LogP contribution in [-0.2, 0) is 32.6 Å². The van der Waals surface area contributed by atoms with E-state index in [0.717, 1.165) is 15.4 Å². The minimum Gasteiger partial charge on any atom is -0.352 e. The summed E-state index contributed by atoms with van der Waals surface area (Å²) in [5, 5.41) is 4.00. The van der Waals surface area contributed by atoms with Crippen LogP contribution in [0.2, 0.25) is 15.1 Å². The van der Waals surface area contributed by atoms with E-state index < -0.39 is 28.5 Å². The molecule has 0 fully saturated rings. The number of amides is 2. The molecular weight excluding hydrogens is 665 g/mol. The summed E-state index contributed by atoms with van der Waals surface area (Å²) in [4.78, 5) is 29.8. The van der Waals surface area contributed by atoms with E-state index in [-0.39, 0.29) is 35.5 Å². The Kier molecular flexibility index (Phi) is 11.8. The lowest BCUT2D eigenvalue weighted by Gasteiger charge is -2.34. The summed E-state index contributed by atoms with van der Waals surface area (Å²) >= 11 is 19.2. The first-order chi connectivity index (χ1) is 21.8. The van der Waals surface area contributed by atoms with Crippen LogP contribution in [0.4, 0.5) is 5.69 Å². The first kappa shape index (κ1) is 35.3. The van der Waals surface area contributed by atoms with Gasteiger partial charge in [0, 0.05) is 34.1 Å². The summed E-state index contributed by atoms with van der Waals surface area (Å²) in [7, 11) is -4.27. The van der Waals surface area contributed by atoms with Crippen molar-refractivity contribution in [3.63, 3.8) is 0 Å². The van der Waals surface area contributed by atoms with Crippen LogP contribution in [0.3, 0.4) is 0 Å². The van der Waals surface area contributed by atoms with E-state index in [9.17, 15) is 18.0 Å². The van der Waals surface area contributed by atoms with Gasteiger partial charge >= 0.3 is 0 Å². The fourth-order valence-electron chi connectivity index (χ4n) is 4.99. The molecule has 0 radical (unpaired) electrons. The van der Waals surface area contributed by atoms with Crippen LogP contribution in [-0.4, -0.2) is 43.8 Å². The van der Waals surface area contributed by atoms with Crippen LogP contribution < -0.4 is 9.62 Å². The van der Waals surface area contributed by atoms with Gasteiger partial charge in [-0.2, -0.15) is 0 Å². The molecule has 0 saturated heterocycles. The van der Waals surface area contributed by atoms with E-state index in [4.69, 9.17) is 34.8 Å². The van der Waals surface area contributed by atoms with E-state index in [1.807, 2.05) is 51.1 Å². The Morgan fingerprint density at radius 2 is 1.50 bits per heavy atom. The number of anilines is 1. The number of aryl methyl sites for hydroxylation is 1. The molecule has 0 aromatic heterocycles. The zero-order valence-electron chi connectivity index (χ0n) is 26.0. The highest BCUT2D eigenvalue weighted by atomic mass is 35.5. The molecule has 242 valence electrons. The van der Waals surface area contributed by atoms with Crippen LogP contribution in [0.1, 0.15) is 36.1 Å². The molecule has 0 spiro atoms. The molecule has 0 aliphatic rings. The number of hydrogen-bond acceptors (Lipinski definition) is 4. The topological polar surface area (TPSA) is 86.8 Å². The quantitative estimate of drug-likeness (QED) is 0.165. The van der Waals surface area contributed by atoms with Crippen LogP contribution in [0.25, 0.3) is 0 Å². The molecule has 0 bridgehead atoms. The number of hydrogen-bond donors (Lipinski definition) is 1. The molecule has 0 aliphatic heterocycles. The van der Waals surface area contributed by atoms with E-state index in [1.165, 1.54) is 17.0 Å². The molecule has 4 rings (SSSR count). The van der Waals surface area contributed by atoms with Crippen molar-refractivity contribution in [2.75, 3.05) is 10.8 Å². The molecule has 2 amide bonds. The van der Waals surface area contributed by atoms with Gasteiger partial charge < -0.3 is 10.2 Å². The molecule has 11 heteroatoms. The number of nitrogens with zero attached hydrogens (tertiary/aromatic N) is 2. The van der Waals surface area contributed by atoms with Crippen molar-refractivity contribution >= 4 is 62.3 Å². The predicted molar refractivity (Wildman–Crippen MR) is 186 cm³/mol. The van der Waals surface area contributed by atoms with Gasteiger partial charge in [-0.05, 0) is 80.8 Å². The fourth-order valence-corrected chi connectivity index (χ4v) is 7.09. The smallest absolute Gasteiger partial charge is 0.264 e. The number of sulfonamides is 1. The van der Waals surface area contributed by atoms with Crippen LogP contribution in [0, 0.1) is 13.8 Å². The largest absolute Gasteiger partial charge is 0.352 e. The lowest BCUT2D eigenvalue weighted by atomic mass is 10.0. The molecule has 0 aliphatic carbocycles. The fraction of sp³-hybridized carbons (Fsp3) is 0.257. The SMILES string of the molecule is Cc1ccc(S(=O)(=O)N(CC(=O)N(Cc2ccc(Cl)cc2Cl)[C@H](Cc2ccccc2)C(=O)NC(C)C)c2cccc(Cl)c2C)cc1. The zero-order valence-corrected chi connectivity index (χ0v) is 29.1. The highest BCUT2D eigenvalue weighted by Gasteiger charge is 2.35. The van der Waals surface area contributed by atoms with Crippen LogP contribution >= 0.6 is 34.8 Å². The summed E-state index contributed by atoms with van der Waals surface area (Å²) in [6.07, 6.45) is 0.178. The molecule has 46 heavy (non-hydrogen) atoms. The maximum Gasteiger partial charge on any atom is 0.264 e. The van der Waals surface area contributed by atoms with Crippen molar-refractivity contribution in [3.05, 3.63) is 128 Å². The second-order valence-electron chi connectivity index (χ2n) is 11.3. The van der Waals surface area contributed by atoms with E-state index >= 15 is 0 Å². The Labute approximate surface area is 286 Å². The van der Waals surface area contributed by atoms with Gasteiger partial charge in [0.1, 0.15) is 12.6 Å². The van der Waals surface area contributed by atoms with Gasteiger partial charge in [-0.1, -0.05) is 95.0 Å². The molecule has 1 N–H and O–H groups in total. The Morgan fingerprint density at radius 3 is 2.13 bits per heavy atom. The Hall–Kier alpha value is -3.56. The third kappa shape index (κ3) is 8.62. The van der Waals surface area contributed by atoms with E-state index in [2.05, 4.69) is 5.32 Å². The van der Waals surface area contributed by atoms with Crippen LogP contribution in [0.5, 0.6) is 0 Å². The van der Waals surface area contributed by atoms with Crippen LogP contribution in [0.15, 0.2) is 95.9 Å². The number of carbonyl (C=O) groups is 2. The molecule has 4 aromatic rings. The van der Waals surface area contributed by atoms with Crippen molar-refractivity contribution in [1.29, 1.82) is 0 Å². The lowest BCUT2D eigenvalue weighted by molar-refractivity contribution is -0.140. The maximum absolute atomic E-state index is 14.6. The first-order valence-corrected chi connectivity index (χ1v) is 17.3. The van der Waals surface area contributed by atoms with Gasteiger partial charge in [-0.25, -0.2) is 8.42 Å². The molecule has 0 unspecified atom stereocenters. The van der Waals surface area contributed by atoms with Gasteiger partial charge in [0.2, 0.25) is 11.8 Å². The molecule has 4 aromatic carbocycles. The molecular formula is C35H36Cl3N3O4S. The van der Waals surface area contributed by atoms with E-state index in [0.29, 0.717) is 26.2 Å². The molecule has 0 saturated carbocycles. The van der Waals surface area contributed by atoms with Crippen molar-refractivity contribution in [2.45, 2.75) is 57.6 Å². The number of benzene rings is 4. The standard InChI is InChI=1S/C35H36Cl3N3O4S/c1-23(2)39-35(43)33(19-26-9-6-5-7-10-26)40(21-27-15-16-28(36)20-31(27)38)34(42)22-41(32-12-8-11-30(37)25(32)4)46(44,45)29-17-13-24(3)14-18-29/h5-18,20,23,33H,19,21-22H2,1-4H3,(H,39,43)/t33-/m1/s1. The van der Waals surface area contributed by atoms with Gasteiger partial charge in [-0.15, -0.1) is 0 Å². The number of halogens is 3. The van der Waals surface area contributed by atoms with Gasteiger partial charge in [0.05, 0.1) is 10.6 Å². The monoisotopic (exact) mass is 699 g/mol. The third-order valence-corrected chi connectivity index (χ3v) is 10.2. The summed E-state index contributed by atoms with van der Waals surface area (Å²) in [6, 6.07) is 24.3. The molecule has 1 atom stereocenters. The summed E-state index contributed by atoms with van der Waals surface area (Å²) in [5.74, 6) is -0.995. The minimum atomic E-state index is -4.27. The molecule has 7 nitrogen and oxygen atoms in total. The third-order valence-electron chi connectivity index (χ3n) is 7.45. The first-order valence-electron chi connectivity index (χ1n) is 14.7. The maximum atomic E-state index is 14.6. The number of carbonyl (C=O) groups excluding carboxylic acids is 2. The summed E-state index contributed by atoms with van der Waals surface area (Å²) in [5.41, 5.74) is 2.98. The Balaban J connectivity index is 1.86. The highest BCUT2D eigenvalue weighted by Crippen LogP contribution is 2.32. The Morgan fingerprint density at radius 1 is 0.826 bits per heavy atom. The average Bonchev–Trinajstić information content (AvgIpc) is 3.00. The van der Waals surface area contributed by atoms with Crippen molar-refractivity contribution in [3.8, 4) is 0 Å². The molecule has 0 heterocycles. The summed E-state index contributed by atoms with van der Waals surface area (Å²) < 4.78 is 29.6. The van der Waals surface area contributed by atoms with Gasteiger partial charge in [0.25, 0.3) is 10.0 Å². The number of rotatable bonds is 12. The second-order valence-corrected chi connectivity index (χ2v) is 14.4. The number of nitrogens with one attached hydrogen (secondary N) is 1. The van der Waals surface area contributed by atoms with Crippen molar-refractivity contribution in [2.24, 2.45) is 0 Å². The van der Waals surface area contributed by atoms with Gasteiger partial charge in [-0.3, -0.25) is 13.9 Å². The Bertz CT molecular complexity index is 1800. The zero-order chi connectivity index (χ0) is 33.6. The van der Waals surface area contributed by atoms with Crippen molar-refractivity contribution in [1.82, 2.24) is 10.2 Å². The minimum absolute atomic E-state index is 0.0101.